The maximum absolute atomic E-state index is 5.93. The van der Waals surface area contributed by atoms with Gasteiger partial charge in [0, 0.05) is 17.3 Å². The second-order valence-corrected chi connectivity index (χ2v) is 5.74. The predicted octanol–water partition coefficient (Wildman–Crippen LogP) is 3.50. The number of aryl methyl sites for hydroxylation is 2. The Kier molecular flexibility index (Phi) is 3.82. The number of fused-ring (bicyclic) bond motifs is 1. The smallest absolute Gasteiger partial charge is 0.164 e. The lowest BCUT2D eigenvalue weighted by atomic mass is 9.92. The molecule has 21 heavy (non-hydrogen) atoms. The molecule has 2 heterocycles. The highest BCUT2D eigenvalue weighted by Crippen LogP contribution is 2.36. The van der Waals surface area contributed by atoms with Gasteiger partial charge in [-0.2, -0.15) is 0 Å². The summed E-state index contributed by atoms with van der Waals surface area (Å²) < 4.78 is 11.3. The second kappa shape index (κ2) is 5.76. The lowest BCUT2D eigenvalue weighted by molar-refractivity contribution is 0.210. The Hall–Kier alpha value is -2.03. The molecule has 1 aromatic carbocycles. The Balaban J connectivity index is 1.76. The first kappa shape index (κ1) is 13.9. The van der Waals surface area contributed by atoms with Gasteiger partial charge >= 0.3 is 0 Å². The van der Waals surface area contributed by atoms with Crippen LogP contribution in [0.4, 0.5) is 0 Å². The van der Waals surface area contributed by atoms with Crippen molar-refractivity contribution in [3.63, 3.8) is 0 Å². The number of methoxy groups -OCH3 is 1. The van der Waals surface area contributed by atoms with E-state index in [1.807, 2.05) is 12.1 Å². The summed E-state index contributed by atoms with van der Waals surface area (Å²) in [4.78, 5) is 4.68. The largest absolute Gasteiger partial charge is 0.493 e. The first-order valence-corrected chi connectivity index (χ1v) is 7.39. The lowest BCUT2D eigenvalue weighted by Gasteiger charge is -2.26. The molecule has 1 aliphatic heterocycles. The van der Waals surface area contributed by atoms with E-state index in [4.69, 9.17) is 9.47 Å². The molecule has 0 N–H and O–H groups in total. The number of nitrogens with zero attached hydrogens (tertiary/aromatic N) is 1. The molecule has 0 spiro atoms. The summed E-state index contributed by atoms with van der Waals surface area (Å²) in [6.45, 7) is 4.89. The summed E-state index contributed by atoms with van der Waals surface area (Å²) in [5, 5.41) is 0. The van der Waals surface area contributed by atoms with Crippen molar-refractivity contribution < 1.29 is 9.47 Å². The van der Waals surface area contributed by atoms with Gasteiger partial charge < -0.3 is 9.47 Å². The van der Waals surface area contributed by atoms with E-state index < -0.39 is 0 Å². The number of rotatable bonds is 3. The standard InChI is InChI=1S/C18H21NO2/c1-12-7-8-16(19-13(12)2)10-14-9-15-5-4-6-17(20-3)18(15)21-11-14/h4-8,14H,9-11H2,1-3H3. The molecule has 0 amide bonds. The van der Waals surface area contributed by atoms with E-state index in [0.29, 0.717) is 5.92 Å². The molecule has 0 aliphatic carbocycles. The highest BCUT2D eigenvalue weighted by atomic mass is 16.5. The summed E-state index contributed by atoms with van der Waals surface area (Å²) >= 11 is 0. The first-order valence-electron chi connectivity index (χ1n) is 7.39. The Morgan fingerprint density at radius 1 is 1.24 bits per heavy atom. The molecular formula is C18H21NO2. The molecule has 1 aromatic heterocycles. The van der Waals surface area contributed by atoms with Crippen LogP contribution in [-0.2, 0) is 12.8 Å². The van der Waals surface area contributed by atoms with Crippen LogP contribution >= 0.6 is 0 Å². The normalized spacial score (nSPS) is 17.0. The van der Waals surface area contributed by atoms with E-state index in [2.05, 4.69) is 37.0 Å². The van der Waals surface area contributed by atoms with Gasteiger partial charge in [0.15, 0.2) is 11.5 Å². The van der Waals surface area contributed by atoms with Crippen LogP contribution in [0, 0.1) is 19.8 Å². The monoisotopic (exact) mass is 283 g/mol. The minimum absolute atomic E-state index is 0.471. The fourth-order valence-corrected chi connectivity index (χ4v) is 2.84. The van der Waals surface area contributed by atoms with E-state index >= 15 is 0 Å². The zero-order valence-electron chi connectivity index (χ0n) is 12.8. The molecule has 3 nitrogen and oxygen atoms in total. The topological polar surface area (TPSA) is 31.4 Å². The van der Waals surface area contributed by atoms with Crippen LogP contribution in [0.2, 0.25) is 0 Å². The summed E-state index contributed by atoms with van der Waals surface area (Å²) in [6.07, 6.45) is 1.97. The molecule has 0 fully saturated rings. The van der Waals surface area contributed by atoms with E-state index in [0.717, 1.165) is 42.3 Å². The quantitative estimate of drug-likeness (QED) is 0.864. The van der Waals surface area contributed by atoms with Crippen molar-refractivity contribution in [2.24, 2.45) is 5.92 Å². The fourth-order valence-electron chi connectivity index (χ4n) is 2.84. The molecule has 0 saturated carbocycles. The van der Waals surface area contributed by atoms with Crippen molar-refractivity contribution in [2.75, 3.05) is 13.7 Å². The summed E-state index contributed by atoms with van der Waals surface area (Å²) in [5.41, 5.74) is 4.74. The van der Waals surface area contributed by atoms with E-state index in [-0.39, 0.29) is 0 Å². The minimum Gasteiger partial charge on any atom is -0.493 e. The average Bonchev–Trinajstić information content (AvgIpc) is 2.50. The van der Waals surface area contributed by atoms with Crippen molar-refractivity contribution in [3.05, 3.63) is 52.8 Å². The molecule has 2 aromatic rings. The molecule has 1 atom stereocenters. The number of hydrogen-bond acceptors (Lipinski definition) is 3. The lowest BCUT2D eigenvalue weighted by Crippen LogP contribution is -2.23. The maximum atomic E-state index is 5.93. The molecular weight excluding hydrogens is 262 g/mol. The average molecular weight is 283 g/mol. The molecule has 0 bridgehead atoms. The summed E-state index contributed by atoms with van der Waals surface area (Å²) in [5.74, 6) is 2.21. The van der Waals surface area contributed by atoms with Crippen molar-refractivity contribution in [1.82, 2.24) is 4.98 Å². The van der Waals surface area contributed by atoms with Crippen LogP contribution in [0.25, 0.3) is 0 Å². The fraction of sp³-hybridized carbons (Fsp3) is 0.389. The zero-order chi connectivity index (χ0) is 14.8. The molecule has 3 heteroatoms. The Morgan fingerprint density at radius 3 is 2.86 bits per heavy atom. The van der Waals surface area contributed by atoms with Crippen molar-refractivity contribution in [2.45, 2.75) is 26.7 Å². The van der Waals surface area contributed by atoms with Gasteiger partial charge in [-0.1, -0.05) is 18.2 Å². The van der Waals surface area contributed by atoms with Gasteiger partial charge in [-0.15, -0.1) is 0 Å². The third kappa shape index (κ3) is 2.87. The number of ether oxygens (including phenoxy) is 2. The zero-order valence-corrected chi connectivity index (χ0v) is 12.8. The van der Waals surface area contributed by atoms with Gasteiger partial charge in [0.05, 0.1) is 13.7 Å². The van der Waals surface area contributed by atoms with Gasteiger partial charge in [0.1, 0.15) is 0 Å². The Labute approximate surface area is 125 Å². The molecule has 3 rings (SSSR count). The van der Waals surface area contributed by atoms with Crippen LogP contribution in [0.1, 0.15) is 22.5 Å². The van der Waals surface area contributed by atoms with Crippen LogP contribution in [0.15, 0.2) is 30.3 Å². The minimum atomic E-state index is 0.471. The van der Waals surface area contributed by atoms with Gasteiger partial charge in [0.25, 0.3) is 0 Å². The maximum Gasteiger partial charge on any atom is 0.164 e. The first-order chi connectivity index (χ1) is 10.2. The molecule has 0 saturated heterocycles. The van der Waals surface area contributed by atoms with Crippen LogP contribution in [-0.4, -0.2) is 18.7 Å². The molecule has 110 valence electrons. The van der Waals surface area contributed by atoms with Crippen molar-refractivity contribution >= 4 is 0 Å². The third-order valence-electron chi connectivity index (χ3n) is 4.16. The Morgan fingerprint density at radius 2 is 2.10 bits per heavy atom. The van der Waals surface area contributed by atoms with Gasteiger partial charge in [0.2, 0.25) is 0 Å². The SMILES string of the molecule is COc1cccc2c1OCC(Cc1ccc(C)c(C)n1)C2. The van der Waals surface area contributed by atoms with Crippen LogP contribution in [0.3, 0.4) is 0 Å². The highest BCUT2D eigenvalue weighted by Gasteiger charge is 2.23. The Bertz CT molecular complexity index is 652. The number of benzene rings is 1. The van der Waals surface area contributed by atoms with Gasteiger partial charge in [-0.3, -0.25) is 4.98 Å². The second-order valence-electron chi connectivity index (χ2n) is 5.74. The molecule has 1 aliphatic rings. The van der Waals surface area contributed by atoms with Gasteiger partial charge in [-0.05, 0) is 49.9 Å². The van der Waals surface area contributed by atoms with Crippen LogP contribution < -0.4 is 9.47 Å². The number of hydrogen-bond donors (Lipinski definition) is 0. The highest BCUT2D eigenvalue weighted by molar-refractivity contribution is 5.47. The number of para-hydroxylation sites is 1. The van der Waals surface area contributed by atoms with Crippen molar-refractivity contribution in [3.8, 4) is 11.5 Å². The molecule has 0 radical (unpaired) electrons. The third-order valence-corrected chi connectivity index (χ3v) is 4.16. The number of aromatic nitrogens is 1. The van der Waals surface area contributed by atoms with Crippen molar-refractivity contribution in [1.29, 1.82) is 0 Å². The molecule has 1 unspecified atom stereocenters. The summed E-state index contributed by atoms with van der Waals surface area (Å²) in [6, 6.07) is 10.4. The van der Waals surface area contributed by atoms with E-state index in [1.165, 1.54) is 11.1 Å². The van der Waals surface area contributed by atoms with E-state index in [1.54, 1.807) is 7.11 Å². The van der Waals surface area contributed by atoms with Gasteiger partial charge in [-0.25, -0.2) is 0 Å². The number of pyridine rings is 1. The van der Waals surface area contributed by atoms with Crippen LogP contribution in [0.5, 0.6) is 11.5 Å². The predicted molar refractivity (Wildman–Crippen MR) is 83.1 cm³/mol. The van der Waals surface area contributed by atoms with E-state index in [9.17, 15) is 0 Å². The summed E-state index contributed by atoms with van der Waals surface area (Å²) in [7, 11) is 1.68.